The van der Waals surface area contributed by atoms with Crippen LogP contribution in [0.4, 0.5) is 18.9 Å². The van der Waals surface area contributed by atoms with Crippen molar-refractivity contribution in [2.24, 2.45) is 0 Å². The molecule has 4 rings (SSSR count). The van der Waals surface area contributed by atoms with E-state index in [1.54, 1.807) is 17.3 Å². The van der Waals surface area contributed by atoms with Crippen LogP contribution in [0.3, 0.4) is 0 Å². The van der Waals surface area contributed by atoms with Gasteiger partial charge in [0, 0.05) is 47.8 Å². The summed E-state index contributed by atoms with van der Waals surface area (Å²) < 4.78 is 42.8. The number of carbonyl (C=O) groups is 1. The van der Waals surface area contributed by atoms with Gasteiger partial charge in [0.2, 0.25) is 0 Å². The maximum Gasteiger partial charge on any atom is 0.573 e. The lowest BCUT2D eigenvalue weighted by Crippen LogP contribution is -2.39. The average molecular weight is 562 g/mol. The van der Waals surface area contributed by atoms with Crippen LogP contribution in [-0.4, -0.2) is 41.8 Å². The van der Waals surface area contributed by atoms with E-state index in [9.17, 15) is 18.0 Å². The zero-order valence-electron chi connectivity index (χ0n) is 19.7. The van der Waals surface area contributed by atoms with Crippen LogP contribution in [0, 0.1) is 0 Å². The molecule has 2 heterocycles. The van der Waals surface area contributed by atoms with E-state index in [-0.39, 0.29) is 11.7 Å². The Bertz CT molecular complexity index is 1160. The van der Waals surface area contributed by atoms with Gasteiger partial charge in [0.1, 0.15) is 5.75 Å². The Kier molecular flexibility index (Phi) is 8.64. The molecule has 1 aliphatic rings. The zero-order valence-corrected chi connectivity index (χ0v) is 21.3. The Hall–Kier alpha value is -2.91. The SMILES string of the molecule is O=C1c2ccc(Br)cc2CCCCCN(Cc2ccncc2)CCN1c1ccc(OC(F)(F)F)cc1. The Morgan fingerprint density at radius 2 is 1.67 bits per heavy atom. The van der Waals surface area contributed by atoms with E-state index in [1.165, 1.54) is 24.3 Å². The van der Waals surface area contributed by atoms with Gasteiger partial charge in [-0.1, -0.05) is 22.4 Å². The Morgan fingerprint density at radius 3 is 2.39 bits per heavy atom. The summed E-state index contributed by atoms with van der Waals surface area (Å²) in [6, 6.07) is 15.1. The molecule has 0 fully saturated rings. The molecule has 0 bridgehead atoms. The van der Waals surface area contributed by atoms with Crippen LogP contribution in [0.5, 0.6) is 5.75 Å². The summed E-state index contributed by atoms with van der Waals surface area (Å²) in [6.45, 7) is 2.61. The van der Waals surface area contributed by atoms with E-state index >= 15 is 0 Å². The number of hydrogen-bond acceptors (Lipinski definition) is 4. The first kappa shape index (κ1) is 26.2. The molecular weight excluding hydrogens is 535 g/mol. The summed E-state index contributed by atoms with van der Waals surface area (Å²) in [6.07, 6.45) is 2.58. The third-order valence-corrected chi connectivity index (χ3v) is 6.63. The maximum atomic E-state index is 13.8. The third kappa shape index (κ3) is 7.30. The van der Waals surface area contributed by atoms with E-state index in [0.717, 1.165) is 54.4 Å². The van der Waals surface area contributed by atoms with Gasteiger partial charge in [0.25, 0.3) is 5.91 Å². The number of alkyl halides is 3. The standard InChI is InChI=1S/C27H27BrF3N3O2/c28-22-5-10-25-21(18-22)4-2-1-3-15-33(19-20-11-13-32-14-12-20)16-17-34(26(25)35)23-6-8-24(9-7-23)36-27(29,30)31/h5-14,18H,1-4,15-17,19H2. The minimum atomic E-state index is -4.77. The first-order valence-corrected chi connectivity index (χ1v) is 12.7. The van der Waals surface area contributed by atoms with Crippen molar-refractivity contribution in [3.05, 3.63) is 88.2 Å². The number of nitrogens with zero attached hydrogens (tertiary/aromatic N) is 3. The number of amides is 1. The molecule has 2 aromatic carbocycles. The molecule has 1 amide bonds. The maximum absolute atomic E-state index is 13.8. The van der Waals surface area contributed by atoms with Crippen LogP contribution in [-0.2, 0) is 13.0 Å². The second kappa shape index (κ2) is 11.9. The molecule has 1 aliphatic heterocycles. The highest BCUT2D eigenvalue weighted by Gasteiger charge is 2.31. The number of hydrogen-bond donors (Lipinski definition) is 0. The molecular formula is C27H27BrF3N3O2. The summed E-state index contributed by atoms with van der Waals surface area (Å²) in [5.74, 6) is -0.497. The fraction of sp³-hybridized carbons (Fsp3) is 0.333. The van der Waals surface area contributed by atoms with Gasteiger partial charge in [0.05, 0.1) is 0 Å². The normalized spacial score (nSPS) is 16.1. The van der Waals surface area contributed by atoms with Gasteiger partial charge in [0.15, 0.2) is 0 Å². The van der Waals surface area contributed by atoms with Crippen molar-refractivity contribution in [3.63, 3.8) is 0 Å². The number of ether oxygens (including phenoxy) is 1. The molecule has 0 spiro atoms. The molecule has 0 saturated carbocycles. The lowest BCUT2D eigenvalue weighted by Gasteiger charge is -2.29. The van der Waals surface area contributed by atoms with Crippen LogP contribution in [0.25, 0.3) is 0 Å². The molecule has 36 heavy (non-hydrogen) atoms. The van der Waals surface area contributed by atoms with Crippen molar-refractivity contribution < 1.29 is 22.7 Å². The number of fused-ring (bicyclic) bond motifs is 1. The summed E-state index contributed by atoms with van der Waals surface area (Å²) in [5.41, 5.74) is 3.23. The topological polar surface area (TPSA) is 45.7 Å². The quantitative estimate of drug-likeness (QED) is 0.359. The largest absolute Gasteiger partial charge is 0.573 e. The second-order valence-electron chi connectivity index (χ2n) is 8.74. The van der Waals surface area contributed by atoms with Gasteiger partial charge in [-0.3, -0.25) is 14.7 Å². The van der Waals surface area contributed by atoms with Crippen molar-refractivity contribution in [1.29, 1.82) is 0 Å². The molecule has 0 saturated heterocycles. The first-order valence-electron chi connectivity index (χ1n) is 11.9. The molecule has 0 N–H and O–H groups in total. The second-order valence-corrected chi connectivity index (χ2v) is 9.66. The Labute approximate surface area is 217 Å². The lowest BCUT2D eigenvalue weighted by atomic mass is 9.99. The van der Waals surface area contributed by atoms with Crippen LogP contribution in [0.2, 0.25) is 0 Å². The van der Waals surface area contributed by atoms with Gasteiger partial charge in [-0.25, -0.2) is 0 Å². The van der Waals surface area contributed by atoms with Crippen LogP contribution in [0.1, 0.15) is 40.7 Å². The van der Waals surface area contributed by atoms with Crippen molar-refractivity contribution in [3.8, 4) is 5.75 Å². The smallest absolute Gasteiger partial charge is 0.406 e. The number of aromatic nitrogens is 1. The minimum absolute atomic E-state index is 0.175. The fourth-order valence-corrected chi connectivity index (χ4v) is 4.79. The van der Waals surface area contributed by atoms with Gasteiger partial charge in [-0.05, 0) is 91.5 Å². The Balaban J connectivity index is 1.64. The molecule has 0 aliphatic carbocycles. The molecule has 5 nitrogen and oxygen atoms in total. The van der Waals surface area contributed by atoms with Crippen molar-refractivity contribution in [1.82, 2.24) is 9.88 Å². The molecule has 0 unspecified atom stereocenters. The van der Waals surface area contributed by atoms with Crippen molar-refractivity contribution in [2.45, 2.75) is 38.6 Å². The van der Waals surface area contributed by atoms with Crippen LogP contribution < -0.4 is 9.64 Å². The van der Waals surface area contributed by atoms with E-state index in [2.05, 4.69) is 30.6 Å². The van der Waals surface area contributed by atoms with Crippen molar-refractivity contribution >= 4 is 27.5 Å². The average Bonchev–Trinajstić information content (AvgIpc) is 2.83. The Morgan fingerprint density at radius 1 is 0.917 bits per heavy atom. The number of anilines is 1. The van der Waals surface area contributed by atoms with Gasteiger partial charge < -0.3 is 9.64 Å². The van der Waals surface area contributed by atoms with E-state index in [4.69, 9.17) is 0 Å². The number of aryl methyl sites for hydroxylation is 1. The predicted molar refractivity (Wildman–Crippen MR) is 136 cm³/mol. The third-order valence-electron chi connectivity index (χ3n) is 6.14. The van der Waals surface area contributed by atoms with E-state index < -0.39 is 6.36 Å². The number of rotatable bonds is 4. The molecule has 9 heteroatoms. The van der Waals surface area contributed by atoms with Gasteiger partial charge in [-0.2, -0.15) is 0 Å². The summed E-state index contributed by atoms with van der Waals surface area (Å²) in [7, 11) is 0. The van der Waals surface area contributed by atoms with Crippen molar-refractivity contribution in [2.75, 3.05) is 24.5 Å². The lowest BCUT2D eigenvalue weighted by molar-refractivity contribution is -0.274. The van der Waals surface area contributed by atoms with Crippen LogP contribution in [0.15, 0.2) is 71.5 Å². The van der Waals surface area contributed by atoms with Crippen LogP contribution >= 0.6 is 15.9 Å². The number of pyridine rings is 1. The highest BCUT2D eigenvalue weighted by atomic mass is 79.9. The predicted octanol–water partition coefficient (Wildman–Crippen LogP) is 6.62. The fourth-order valence-electron chi connectivity index (χ4n) is 4.38. The minimum Gasteiger partial charge on any atom is -0.406 e. The van der Waals surface area contributed by atoms with E-state index in [0.29, 0.717) is 24.3 Å². The highest BCUT2D eigenvalue weighted by molar-refractivity contribution is 9.10. The number of benzene rings is 2. The number of carbonyl (C=O) groups excluding carboxylic acids is 1. The summed E-state index contributed by atoms with van der Waals surface area (Å²) in [5, 5.41) is 0. The molecule has 0 radical (unpaired) electrons. The van der Waals surface area contributed by atoms with Gasteiger partial charge in [-0.15, -0.1) is 13.2 Å². The molecule has 190 valence electrons. The highest BCUT2D eigenvalue weighted by Crippen LogP contribution is 2.28. The number of halogens is 4. The van der Waals surface area contributed by atoms with Gasteiger partial charge >= 0.3 is 6.36 Å². The zero-order chi connectivity index (χ0) is 25.5. The molecule has 3 aromatic rings. The summed E-state index contributed by atoms with van der Waals surface area (Å²) in [4.78, 5) is 21.9. The molecule has 0 atom stereocenters. The molecule has 1 aromatic heterocycles. The first-order chi connectivity index (χ1) is 17.3. The summed E-state index contributed by atoms with van der Waals surface area (Å²) >= 11 is 3.51. The monoisotopic (exact) mass is 561 g/mol. The van der Waals surface area contributed by atoms with E-state index in [1.807, 2.05) is 30.3 Å².